The van der Waals surface area contributed by atoms with E-state index in [0.717, 1.165) is 18.5 Å². The quantitative estimate of drug-likeness (QED) is 0.722. The Morgan fingerprint density at radius 2 is 2.20 bits per heavy atom. The first-order valence-electron chi connectivity index (χ1n) is 6.27. The zero-order valence-electron chi connectivity index (χ0n) is 9.96. The first-order chi connectivity index (χ1) is 7.25. The summed E-state index contributed by atoms with van der Waals surface area (Å²) in [6, 6.07) is 0.838. The molecule has 1 N–H and O–H groups in total. The van der Waals surface area contributed by atoms with Crippen LogP contribution in [0.2, 0.25) is 0 Å². The topological polar surface area (TPSA) is 12.0 Å². The molecular formula is C13H23NS. The lowest BCUT2D eigenvalue weighted by atomic mass is 9.97. The van der Waals surface area contributed by atoms with Crippen molar-refractivity contribution >= 4 is 11.8 Å². The van der Waals surface area contributed by atoms with Crippen molar-refractivity contribution < 1.29 is 0 Å². The molecular weight excluding hydrogens is 202 g/mol. The van der Waals surface area contributed by atoms with E-state index in [1.165, 1.54) is 30.8 Å². The molecule has 0 bridgehead atoms. The minimum Gasteiger partial charge on any atom is -0.310 e. The highest BCUT2D eigenvalue weighted by atomic mass is 32.2. The van der Waals surface area contributed by atoms with Crippen LogP contribution in [0, 0.1) is 11.8 Å². The van der Waals surface area contributed by atoms with Crippen molar-refractivity contribution in [2.45, 2.75) is 39.2 Å². The minimum atomic E-state index is 0.710. The predicted octanol–water partition coefficient (Wildman–Crippen LogP) is 3.07. The van der Waals surface area contributed by atoms with Gasteiger partial charge in [-0.15, -0.1) is 0 Å². The fourth-order valence-corrected chi connectivity index (χ4v) is 3.19. The van der Waals surface area contributed by atoms with Gasteiger partial charge in [0.2, 0.25) is 0 Å². The molecule has 0 aromatic rings. The van der Waals surface area contributed by atoms with Crippen molar-refractivity contribution in [2.24, 2.45) is 11.8 Å². The lowest BCUT2D eigenvalue weighted by Gasteiger charge is -2.14. The van der Waals surface area contributed by atoms with Crippen LogP contribution in [0.1, 0.15) is 33.1 Å². The normalized spacial score (nSPS) is 27.7. The van der Waals surface area contributed by atoms with Gasteiger partial charge in [-0.2, -0.15) is 11.8 Å². The summed E-state index contributed by atoms with van der Waals surface area (Å²) >= 11 is 2.11. The number of hydrogen-bond donors (Lipinski definition) is 1. The molecule has 1 unspecified atom stereocenters. The standard InChI is InChI=1S/C13H23NS/c1-10(2)12(8-14-13-3-4-13)7-11-5-6-15-9-11/h7,10-11,13-14H,3-6,8-9H2,1-2H3. The molecule has 1 aliphatic carbocycles. The van der Waals surface area contributed by atoms with Crippen LogP contribution in [0.3, 0.4) is 0 Å². The monoisotopic (exact) mass is 225 g/mol. The second kappa shape index (κ2) is 5.40. The van der Waals surface area contributed by atoms with Crippen LogP contribution >= 0.6 is 11.8 Å². The van der Waals surface area contributed by atoms with Gasteiger partial charge in [0.1, 0.15) is 0 Å². The smallest absolute Gasteiger partial charge is 0.0169 e. The van der Waals surface area contributed by atoms with Gasteiger partial charge in [0.15, 0.2) is 0 Å². The van der Waals surface area contributed by atoms with Crippen molar-refractivity contribution in [3.8, 4) is 0 Å². The van der Waals surface area contributed by atoms with Crippen molar-refractivity contribution in [3.05, 3.63) is 11.6 Å². The number of hydrogen-bond acceptors (Lipinski definition) is 2. The third-order valence-electron chi connectivity index (χ3n) is 3.33. The van der Waals surface area contributed by atoms with Crippen LogP contribution in [0.25, 0.3) is 0 Å². The molecule has 0 spiro atoms. The number of allylic oxidation sites excluding steroid dienone is 1. The number of nitrogens with one attached hydrogen (secondary N) is 1. The maximum absolute atomic E-state index is 3.64. The van der Waals surface area contributed by atoms with E-state index in [9.17, 15) is 0 Å². The summed E-state index contributed by atoms with van der Waals surface area (Å²) in [5, 5.41) is 3.64. The van der Waals surface area contributed by atoms with Gasteiger partial charge >= 0.3 is 0 Å². The summed E-state index contributed by atoms with van der Waals surface area (Å²) < 4.78 is 0. The summed E-state index contributed by atoms with van der Waals surface area (Å²) in [6.07, 6.45) is 6.74. The summed E-state index contributed by atoms with van der Waals surface area (Å²) in [5.41, 5.74) is 1.63. The van der Waals surface area contributed by atoms with E-state index in [4.69, 9.17) is 0 Å². The van der Waals surface area contributed by atoms with Gasteiger partial charge in [-0.25, -0.2) is 0 Å². The molecule has 2 heteroatoms. The van der Waals surface area contributed by atoms with Gasteiger partial charge < -0.3 is 5.32 Å². The summed E-state index contributed by atoms with van der Waals surface area (Å²) in [4.78, 5) is 0. The van der Waals surface area contributed by atoms with E-state index in [1.807, 2.05) is 0 Å². The largest absolute Gasteiger partial charge is 0.310 e. The van der Waals surface area contributed by atoms with Crippen molar-refractivity contribution in [3.63, 3.8) is 0 Å². The van der Waals surface area contributed by atoms with Gasteiger partial charge in [0.25, 0.3) is 0 Å². The Hall–Kier alpha value is 0.0500. The van der Waals surface area contributed by atoms with Crippen LogP contribution in [0.4, 0.5) is 0 Å². The molecule has 2 aliphatic rings. The first kappa shape index (κ1) is 11.5. The Kier molecular flexibility index (Phi) is 4.15. The minimum absolute atomic E-state index is 0.710. The Morgan fingerprint density at radius 1 is 1.40 bits per heavy atom. The van der Waals surface area contributed by atoms with Gasteiger partial charge in [0, 0.05) is 12.6 Å². The maximum atomic E-state index is 3.64. The fraction of sp³-hybridized carbons (Fsp3) is 0.846. The highest BCUT2D eigenvalue weighted by Gasteiger charge is 2.21. The summed E-state index contributed by atoms with van der Waals surface area (Å²) in [7, 11) is 0. The van der Waals surface area contributed by atoms with E-state index in [0.29, 0.717) is 5.92 Å². The van der Waals surface area contributed by atoms with Crippen molar-refractivity contribution in [1.29, 1.82) is 0 Å². The lowest BCUT2D eigenvalue weighted by Crippen LogP contribution is -2.22. The third-order valence-corrected chi connectivity index (χ3v) is 4.52. The Labute approximate surface area is 98.1 Å². The molecule has 2 fully saturated rings. The average Bonchev–Trinajstić information content (AvgIpc) is 2.89. The lowest BCUT2D eigenvalue weighted by molar-refractivity contribution is 0.635. The first-order valence-corrected chi connectivity index (χ1v) is 7.43. The zero-order chi connectivity index (χ0) is 10.7. The molecule has 1 saturated carbocycles. The summed E-state index contributed by atoms with van der Waals surface area (Å²) in [6.45, 7) is 5.77. The SMILES string of the molecule is CC(C)C(=CC1CCSC1)CNC1CC1. The molecule has 0 radical (unpaired) electrons. The van der Waals surface area contributed by atoms with Gasteiger partial charge in [0.05, 0.1) is 0 Å². The molecule has 15 heavy (non-hydrogen) atoms. The molecule has 1 saturated heterocycles. The molecule has 86 valence electrons. The molecule has 1 heterocycles. The van der Waals surface area contributed by atoms with E-state index in [1.54, 1.807) is 5.57 Å². The van der Waals surface area contributed by atoms with E-state index >= 15 is 0 Å². The number of rotatable bonds is 5. The van der Waals surface area contributed by atoms with Gasteiger partial charge in [-0.3, -0.25) is 0 Å². The maximum Gasteiger partial charge on any atom is 0.0169 e. The molecule has 1 atom stereocenters. The van der Waals surface area contributed by atoms with Crippen LogP contribution in [-0.2, 0) is 0 Å². The van der Waals surface area contributed by atoms with Crippen LogP contribution in [-0.4, -0.2) is 24.1 Å². The van der Waals surface area contributed by atoms with Crippen molar-refractivity contribution in [2.75, 3.05) is 18.1 Å². The Balaban J connectivity index is 1.84. The highest BCUT2D eigenvalue weighted by Crippen LogP contribution is 2.27. The Bertz CT molecular complexity index is 225. The molecule has 0 aromatic carbocycles. The second-order valence-electron chi connectivity index (χ2n) is 5.18. The third kappa shape index (κ3) is 3.84. The van der Waals surface area contributed by atoms with Crippen LogP contribution < -0.4 is 5.32 Å². The fourth-order valence-electron chi connectivity index (χ4n) is 1.99. The number of thioether (sulfide) groups is 1. The molecule has 0 amide bonds. The molecule has 2 rings (SSSR count). The van der Waals surface area contributed by atoms with Crippen molar-refractivity contribution in [1.82, 2.24) is 5.32 Å². The Morgan fingerprint density at radius 3 is 2.73 bits per heavy atom. The van der Waals surface area contributed by atoms with Gasteiger partial charge in [-0.05, 0) is 42.6 Å². The van der Waals surface area contributed by atoms with E-state index < -0.39 is 0 Å². The zero-order valence-corrected chi connectivity index (χ0v) is 10.8. The second-order valence-corrected chi connectivity index (χ2v) is 6.32. The van der Waals surface area contributed by atoms with E-state index in [2.05, 4.69) is 37.0 Å². The van der Waals surface area contributed by atoms with Crippen LogP contribution in [0.5, 0.6) is 0 Å². The predicted molar refractivity (Wildman–Crippen MR) is 69.4 cm³/mol. The van der Waals surface area contributed by atoms with Gasteiger partial charge in [-0.1, -0.05) is 25.5 Å². The van der Waals surface area contributed by atoms with Crippen LogP contribution in [0.15, 0.2) is 11.6 Å². The molecule has 1 nitrogen and oxygen atoms in total. The molecule has 0 aromatic heterocycles. The average molecular weight is 225 g/mol. The molecule has 1 aliphatic heterocycles. The summed E-state index contributed by atoms with van der Waals surface area (Å²) in [5.74, 6) is 4.28. The highest BCUT2D eigenvalue weighted by molar-refractivity contribution is 7.99. The van der Waals surface area contributed by atoms with E-state index in [-0.39, 0.29) is 0 Å².